The smallest absolute Gasteiger partial charge is 0.178 e. The molecule has 0 heterocycles. The predicted molar refractivity (Wildman–Crippen MR) is 52.1 cm³/mol. The molecule has 1 rings (SSSR count). The molecule has 1 atom stereocenters. The van der Waals surface area contributed by atoms with Crippen LogP contribution in [-0.2, 0) is 9.84 Å². The zero-order valence-electron chi connectivity index (χ0n) is 7.99. The number of benzene rings is 1. The second-order valence-corrected chi connectivity index (χ2v) is 5.23. The van der Waals surface area contributed by atoms with Crippen LogP contribution < -0.4 is 5.73 Å². The van der Waals surface area contributed by atoms with E-state index in [0.29, 0.717) is 5.56 Å². The molecule has 78 valence electrons. The molecule has 0 fully saturated rings. The monoisotopic (exact) mass is 217 g/mol. The first-order valence-electron chi connectivity index (χ1n) is 4.07. The van der Waals surface area contributed by atoms with E-state index in [-0.39, 0.29) is 10.9 Å². The summed E-state index contributed by atoms with van der Waals surface area (Å²) in [6.07, 6.45) is 0.969. The standard InChI is InChI=1S/C9H12FNO2S/c1-6(11)7-3-4-9(8(10)5-7)14(2,12)13/h3-6H,11H2,1-2H3/t6-/m1/s1. The molecule has 0 saturated carbocycles. The van der Waals surface area contributed by atoms with E-state index in [0.717, 1.165) is 12.3 Å². The molecule has 0 saturated heterocycles. The van der Waals surface area contributed by atoms with Gasteiger partial charge in [0.15, 0.2) is 9.84 Å². The molecular weight excluding hydrogens is 205 g/mol. The van der Waals surface area contributed by atoms with E-state index in [1.165, 1.54) is 12.1 Å². The summed E-state index contributed by atoms with van der Waals surface area (Å²) in [6.45, 7) is 1.70. The minimum Gasteiger partial charge on any atom is -0.324 e. The largest absolute Gasteiger partial charge is 0.324 e. The second kappa shape index (κ2) is 3.67. The fourth-order valence-corrected chi connectivity index (χ4v) is 1.83. The number of halogens is 1. The van der Waals surface area contributed by atoms with Gasteiger partial charge in [0.2, 0.25) is 0 Å². The maximum atomic E-state index is 13.3. The van der Waals surface area contributed by atoms with Gasteiger partial charge < -0.3 is 5.73 Å². The Bertz CT molecular complexity index is 440. The fraction of sp³-hybridized carbons (Fsp3) is 0.333. The van der Waals surface area contributed by atoms with E-state index in [4.69, 9.17) is 5.73 Å². The normalized spacial score (nSPS) is 14.0. The second-order valence-electron chi connectivity index (χ2n) is 3.25. The van der Waals surface area contributed by atoms with Crippen LogP contribution in [0.1, 0.15) is 18.5 Å². The average molecular weight is 217 g/mol. The van der Waals surface area contributed by atoms with Crippen molar-refractivity contribution in [1.29, 1.82) is 0 Å². The zero-order valence-corrected chi connectivity index (χ0v) is 8.81. The van der Waals surface area contributed by atoms with Crippen LogP contribution in [0.3, 0.4) is 0 Å². The van der Waals surface area contributed by atoms with E-state index >= 15 is 0 Å². The lowest BCUT2D eigenvalue weighted by Gasteiger charge is -2.07. The molecule has 1 aromatic rings. The van der Waals surface area contributed by atoms with Gasteiger partial charge in [-0.1, -0.05) is 6.07 Å². The lowest BCUT2D eigenvalue weighted by Crippen LogP contribution is -2.07. The van der Waals surface area contributed by atoms with Gasteiger partial charge in [-0.3, -0.25) is 0 Å². The molecule has 0 bridgehead atoms. The van der Waals surface area contributed by atoms with Crippen molar-refractivity contribution < 1.29 is 12.8 Å². The van der Waals surface area contributed by atoms with Gasteiger partial charge in [-0.2, -0.15) is 0 Å². The van der Waals surface area contributed by atoms with E-state index in [9.17, 15) is 12.8 Å². The minimum absolute atomic E-state index is 0.290. The zero-order chi connectivity index (χ0) is 10.9. The SMILES string of the molecule is C[C@@H](N)c1ccc(S(C)(=O)=O)c(F)c1. The van der Waals surface area contributed by atoms with Crippen molar-refractivity contribution >= 4 is 9.84 Å². The Balaban J connectivity index is 3.28. The Labute approximate surface area is 82.7 Å². The lowest BCUT2D eigenvalue weighted by atomic mass is 10.1. The van der Waals surface area contributed by atoms with Gasteiger partial charge in [0, 0.05) is 12.3 Å². The highest BCUT2D eigenvalue weighted by atomic mass is 32.2. The van der Waals surface area contributed by atoms with Crippen molar-refractivity contribution in [3.05, 3.63) is 29.6 Å². The van der Waals surface area contributed by atoms with E-state index < -0.39 is 15.7 Å². The Hall–Kier alpha value is -0.940. The summed E-state index contributed by atoms with van der Waals surface area (Å²) in [5, 5.41) is 0. The summed E-state index contributed by atoms with van der Waals surface area (Å²) >= 11 is 0. The van der Waals surface area contributed by atoms with Gasteiger partial charge in [-0.25, -0.2) is 12.8 Å². The van der Waals surface area contributed by atoms with Gasteiger partial charge in [0.1, 0.15) is 10.7 Å². The van der Waals surface area contributed by atoms with Crippen LogP contribution in [0, 0.1) is 5.82 Å². The lowest BCUT2D eigenvalue weighted by molar-refractivity contribution is 0.568. The molecule has 0 aromatic heterocycles. The van der Waals surface area contributed by atoms with Crippen LogP contribution in [0.4, 0.5) is 4.39 Å². The maximum Gasteiger partial charge on any atom is 0.178 e. The molecule has 0 radical (unpaired) electrons. The number of hydrogen-bond donors (Lipinski definition) is 1. The highest BCUT2D eigenvalue weighted by Gasteiger charge is 2.14. The molecule has 3 nitrogen and oxygen atoms in total. The summed E-state index contributed by atoms with van der Waals surface area (Å²) in [6, 6.07) is 3.60. The topological polar surface area (TPSA) is 60.2 Å². The first-order valence-corrected chi connectivity index (χ1v) is 5.96. The van der Waals surface area contributed by atoms with Crippen molar-refractivity contribution in [2.24, 2.45) is 5.73 Å². The van der Waals surface area contributed by atoms with Crippen molar-refractivity contribution in [1.82, 2.24) is 0 Å². The molecule has 5 heteroatoms. The van der Waals surface area contributed by atoms with Gasteiger partial charge in [-0.15, -0.1) is 0 Å². The van der Waals surface area contributed by atoms with Crippen molar-refractivity contribution in [3.8, 4) is 0 Å². The Morgan fingerprint density at radius 1 is 1.43 bits per heavy atom. The molecule has 2 N–H and O–H groups in total. The quantitative estimate of drug-likeness (QED) is 0.811. The third kappa shape index (κ3) is 2.30. The van der Waals surface area contributed by atoms with Gasteiger partial charge >= 0.3 is 0 Å². The average Bonchev–Trinajstić information content (AvgIpc) is 2.01. The molecule has 14 heavy (non-hydrogen) atoms. The molecule has 1 aromatic carbocycles. The molecule has 0 spiro atoms. The minimum atomic E-state index is -3.49. The summed E-state index contributed by atoms with van der Waals surface area (Å²) < 4.78 is 35.4. The number of sulfone groups is 1. The summed E-state index contributed by atoms with van der Waals surface area (Å²) in [5.41, 5.74) is 6.10. The first kappa shape index (κ1) is 11.1. The molecule has 0 amide bonds. The van der Waals surface area contributed by atoms with Crippen LogP contribution in [-0.4, -0.2) is 14.7 Å². The van der Waals surface area contributed by atoms with Crippen molar-refractivity contribution in [2.75, 3.05) is 6.26 Å². The van der Waals surface area contributed by atoms with E-state index in [1.807, 2.05) is 0 Å². The molecule has 0 aliphatic carbocycles. The maximum absolute atomic E-state index is 13.3. The summed E-state index contributed by atoms with van der Waals surface area (Å²) in [7, 11) is -3.49. The highest BCUT2D eigenvalue weighted by molar-refractivity contribution is 7.90. The predicted octanol–water partition coefficient (Wildman–Crippen LogP) is 1.25. The first-order chi connectivity index (χ1) is 6.32. The third-order valence-corrected chi connectivity index (χ3v) is 3.01. The van der Waals surface area contributed by atoms with Crippen molar-refractivity contribution in [3.63, 3.8) is 0 Å². The van der Waals surface area contributed by atoms with Crippen LogP contribution in [0.5, 0.6) is 0 Å². The number of nitrogens with two attached hydrogens (primary N) is 1. The van der Waals surface area contributed by atoms with Crippen LogP contribution in [0.25, 0.3) is 0 Å². The summed E-state index contributed by atoms with van der Waals surface area (Å²) in [4.78, 5) is -0.290. The molecular formula is C9H12FNO2S. The number of rotatable bonds is 2. The summed E-state index contributed by atoms with van der Waals surface area (Å²) in [5.74, 6) is -0.748. The molecule has 0 aliphatic heterocycles. The third-order valence-electron chi connectivity index (χ3n) is 1.88. The Morgan fingerprint density at radius 3 is 2.36 bits per heavy atom. The van der Waals surface area contributed by atoms with Crippen molar-refractivity contribution in [2.45, 2.75) is 17.9 Å². The Morgan fingerprint density at radius 2 is 2.00 bits per heavy atom. The van der Waals surface area contributed by atoms with E-state index in [1.54, 1.807) is 6.92 Å². The van der Waals surface area contributed by atoms with Gasteiger partial charge in [0.05, 0.1) is 0 Å². The number of hydrogen-bond acceptors (Lipinski definition) is 3. The fourth-order valence-electron chi connectivity index (χ4n) is 1.10. The molecule has 0 aliphatic rings. The van der Waals surface area contributed by atoms with Gasteiger partial charge in [0.25, 0.3) is 0 Å². The highest BCUT2D eigenvalue weighted by Crippen LogP contribution is 2.18. The molecule has 0 unspecified atom stereocenters. The van der Waals surface area contributed by atoms with Crippen LogP contribution in [0.2, 0.25) is 0 Å². The van der Waals surface area contributed by atoms with Crippen LogP contribution >= 0.6 is 0 Å². The Kier molecular flexibility index (Phi) is 2.92. The van der Waals surface area contributed by atoms with Gasteiger partial charge in [-0.05, 0) is 24.6 Å². The van der Waals surface area contributed by atoms with Crippen LogP contribution in [0.15, 0.2) is 23.1 Å². The van der Waals surface area contributed by atoms with E-state index in [2.05, 4.69) is 0 Å².